The van der Waals surface area contributed by atoms with Crippen LogP contribution in [0.4, 0.5) is 0 Å². The highest BCUT2D eigenvalue weighted by atomic mass is 16.5. The van der Waals surface area contributed by atoms with Crippen LogP contribution in [-0.4, -0.2) is 30.7 Å². The molecule has 4 aromatic carbocycles. The summed E-state index contributed by atoms with van der Waals surface area (Å²) in [5, 5.41) is 4.02. The number of benzene rings is 4. The highest BCUT2D eigenvalue weighted by molar-refractivity contribution is 5.98. The van der Waals surface area contributed by atoms with E-state index in [1.165, 1.54) is 18.3 Å². The zero-order chi connectivity index (χ0) is 26.7. The van der Waals surface area contributed by atoms with E-state index in [1.54, 1.807) is 91.0 Å². The van der Waals surface area contributed by atoms with E-state index in [9.17, 15) is 14.4 Å². The monoisotopic (exact) mass is 508 g/mol. The van der Waals surface area contributed by atoms with Crippen LogP contribution in [0.25, 0.3) is 0 Å². The molecule has 190 valence electrons. The second-order valence-corrected chi connectivity index (χ2v) is 7.84. The van der Waals surface area contributed by atoms with Gasteiger partial charge in [0.05, 0.1) is 29.5 Å². The zero-order valence-electron chi connectivity index (χ0n) is 20.5. The van der Waals surface area contributed by atoms with Gasteiger partial charge in [0.15, 0.2) is 0 Å². The summed E-state index contributed by atoms with van der Waals surface area (Å²) < 4.78 is 16.6. The van der Waals surface area contributed by atoms with E-state index >= 15 is 0 Å². The van der Waals surface area contributed by atoms with E-state index in [2.05, 4.69) is 10.5 Å². The van der Waals surface area contributed by atoms with E-state index in [1.807, 2.05) is 6.92 Å². The van der Waals surface area contributed by atoms with Crippen LogP contribution < -0.4 is 19.6 Å². The maximum absolute atomic E-state index is 12.7. The number of rotatable bonds is 9. The van der Waals surface area contributed by atoms with E-state index in [-0.39, 0.29) is 11.5 Å². The van der Waals surface area contributed by atoms with E-state index in [4.69, 9.17) is 14.2 Å². The number of nitrogens with one attached hydrogen (secondary N) is 1. The first-order valence-electron chi connectivity index (χ1n) is 11.8. The van der Waals surface area contributed by atoms with Gasteiger partial charge in [-0.05, 0) is 55.5 Å². The van der Waals surface area contributed by atoms with Crippen molar-refractivity contribution in [2.24, 2.45) is 5.10 Å². The van der Waals surface area contributed by atoms with Crippen LogP contribution in [0.5, 0.6) is 17.2 Å². The minimum Gasteiger partial charge on any atom is -0.493 e. The molecular formula is C30H24N2O6. The van der Waals surface area contributed by atoms with Crippen molar-refractivity contribution in [2.75, 3.05) is 6.61 Å². The summed E-state index contributed by atoms with van der Waals surface area (Å²) in [5.74, 6) is -0.952. The van der Waals surface area contributed by atoms with Crippen LogP contribution in [0.2, 0.25) is 0 Å². The lowest BCUT2D eigenvalue weighted by molar-refractivity contribution is 0.0731. The Morgan fingerprint density at radius 2 is 1.34 bits per heavy atom. The lowest BCUT2D eigenvalue weighted by Gasteiger charge is -2.11. The SMILES string of the molecule is CCOc1ccccc1C(=O)N/N=C/c1ccc(OC(=O)c2ccccc2)cc1OC(=O)c1ccccc1. The Kier molecular flexibility index (Phi) is 8.60. The van der Waals surface area contributed by atoms with Crippen molar-refractivity contribution in [1.82, 2.24) is 5.43 Å². The predicted molar refractivity (Wildman–Crippen MR) is 142 cm³/mol. The average Bonchev–Trinajstić information content (AvgIpc) is 2.95. The van der Waals surface area contributed by atoms with Crippen LogP contribution in [-0.2, 0) is 0 Å². The van der Waals surface area contributed by atoms with Gasteiger partial charge >= 0.3 is 11.9 Å². The molecule has 0 aliphatic carbocycles. The van der Waals surface area contributed by atoms with Gasteiger partial charge < -0.3 is 14.2 Å². The molecule has 0 atom stereocenters. The molecule has 8 nitrogen and oxygen atoms in total. The quantitative estimate of drug-likeness (QED) is 0.143. The molecule has 38 heavy (non-hydrogen) atoms. The number of hydrogen-bond donors (Lipinski definition) is 1. The van der Waals surface area contributed by atoms with Crippen molar-refractivity contribution in [3.8, 4) is 17.2 Å². The van der Waals surface area contributed by atoms with Gasteiger partial charge in [0.25, 0.3) is 5.91 Å². The number of hydrogen-bond acceptors (Lipinski definition) is 7. The molecule has 4 rings (SSSR count). The number of para-hydroxylation sites is 1. The average molecular weight is 509 g/mol. The normalized spacial score (nSPS) is 10.6. The summed E-state index contributed by atoms with van der Waals surface area (Å²) >= 11 is 0. The summed E-state index contributed by atoms with van der Waals surface area (Å²) in [4.78, 5) is 37.9. The summed E-state index contributed by atoms with van der Waals surface area (Å²) in [6.07, 6.45) is 1.33. The second-order valence-electron chi connectivity index (χ2n) is 7.84. The van der Waals surface area contributed by atoms with Crippen molar-refractivity contribution in [3.05, 3.63) is 125 Å². The van der Waals surface area contributed by atoms with Gasteiger partial charge in [-0.2, -0.15) is 5.10 Å². The third-order valence-electron chi connectivity index (χ3n) is 5.22. The first kappa shape index (κ1) is 25.8. The van der Waals surface area contributed by atoms with Crippen molar-refractivity contribution in [3.63, 3.8) is 0 Å². The Bertz CT molecular complexity index is 1450. The Hall–Kier alpha value is -5.24. The number of carbonyl (C=O) groups is 3. The van der Waals surface area contributed by atoms with Gasteiger partial charge in [-0.1, -0.05) is 48.5 Å². The Morgan fingerprint density at radius 1 is 0.737 bits per heavy atom. The van der Waals surface area contributed by atoms with E-state index in [0.29, 0.717) is 34.6 Å². The van der Waals surface area contributed by atoms with Gasteiger partial charge in [0.1, 0.15) is 17.2 Å². The van der Waals surface area contributed by atoms with Crippen molar-refractivity contribution < 1.29 is 28.6 Å². The van der Waals surface area contributed by atoms with Crippen LogP contribution in [0, 0.1) is 0 Å². The summed E-state index contributed by atoms with van der Waals surface area (Å²) in [6, 6.07) is 28.3. The number of nitrogens with zero attached hydrogens (tertiary/aromatic N) is 1. The molecule has 4 aromatic rings. The first-order valence-corrected chi connectivity index (χ1v) is 11.8. The zero-order valence-corrected chi connectivity index (χ0v) is 20.5. The summed E-state index contributed by atoms with van der Waals surface area (Å²) in [5.41, 5.74) is 3.85. The van der Waals surface area contributed by atoms with Gasteiger partial charge in [0.2, 0.25) is 0 Å². The lowest BCUT2D eigenvalue weighted by Crippen LogP contribution is -2.19. The smallest absolute Gasteiger partial charge is 0.343 e. The molecule has 1 amide bonds. The fraction of sp³-hybridized carbons (Fsp3) is 0.0667. The van der Waals surface area contributed by atoms with Crippen LogP contribution in [0.1, 0.15) is 43.6 Å². The molecule has 0 saturated carbocycles. The Labute approximate surface area is 219 Å². The summed E-state index contributed by atoms with van der Waals surface area (Å²) in [7, 11) is 0. The third-order valence-corrected chi connectivity index (χ3v) is 5.22. The number of esters is 2. The lowest BCUT2D eigenvalue weighted by atomic mass is 10.2. The van der Waals surface area contributed by atoms with Gasteiger partial charge in [0, 0.05) is 11.6 Å². The number of carbonyl (C=O) groups excluding carboxylic acids is 3. The number of hydrazone groups is 1. The molecule has 0 heterocycles. The largest absolute Gasteiger partial charge is 0.493 e. The molecule has 0 bridgehead atoms. The standard InChI is InChI=1S/C30H24N2O6/c1-2-36-26-16-10-9-15-25(26)28(33)32-31-20-23-17-18-24(37-29(34)21-11-5-3-6-12-21)19-27(23)38-30(35)22-13-7-4-8-14-22/h3-20H,2H2,1H3,(H,32,33)/b31-20+. The fourth-order valence-electron chi connectivity index (χ4n) is 3.40. The number of amides is 1. The molecule has 0 radical (unpaired) electrons. The minimum absolute atomic E-state index is 0.0879. The van der Waals surface area contributed by atoms with Crippen LogP contribution in [0.3, 0.4) is 0 Å². The topological polar surface area (TPSA) is 103 Å². The molecule has 0 aromatic heterocycles. The van der Waals surface area contributed by atoms with Crippen LogP contribution in [0.15, 0.2) is 108 Å². The molecule has 0 aliphatic rings. The maximum Gasteiger partial charge on any atom is 0.343 e. The molecule has 1 N–H and O–H groups in total. The predicted octanol–water partition coefficient (Wildman–Crippen LogP) is 5.29. The van der Waals surface area contributed by atoms with E-state index in [0.717, 1.165) is 0 Å². The molecule has 8 heteroatoms. The minimum atomic E-state index is -0.610. The van der Waals surface area contributed by atoms with Gasteiger partial charge in [-0.3, -0.25) is 4.79 Å². The van der Waals surface area contributed by atoms with Crippen molar-refractivity contribution in [2.45, 2.75) is 6.92 Å². The molecule has 0 fully saturated rings. The Morgan fingerprint density at radius 3 is 2.00 bits per heavy atom. The fourth-order valence-corrected chi connectivity index (χ4v) is 3.40. The molecule has 0 unspecified atom stereocenters. The van der Waals surface area contributed by atoms with Crippen molar-refractivity contribution >= 4 is 24.1 Å². The van der Waals surface area contributed by atoms with E-state index < -0.39 is 17.8 Å². The van der Waals surface area contributed by atoms with Crippen molar-refractivity contribution in [1.29, 1.82) is 0 Å². The molecule has 0 spiro atoms. The highest BCUT2D eigenvalue weighted by Gasteiger charge is 2.15. The van der Waals surface area contributed by atoms with Crippen LogP contribution >= 0.6 is 0 Å². The molecule has 0 saturated heterocycles. The molecule has 0 aliphatic heterocycles. The second kappa shape index (κ2) is 12.6. The number of ether oxygens (including phenoxy) is 3. The third kappa shape index (κ3) is 6.70. The van der Waals surface area contributed by atoms with Gasteiger partial charge in [-0.25, -0.2) is 15.0 Å². The Balaban J connectivity index is 1.56. The first-order chi connectivity index (χ1) is 18.5. The van der Waals surface area contributed by atoms with Gasteiger partial charge in [-0.15, -0.1) is 0 Å². The highest BCUT2D eigenvalue weighted by Crippen LogP contribution is 2.26. The maximum atomic E-state index is 12.7. The summed E-state index contributed by atoms with van der Waals surface area (Å²) in [6.45, 7) is 2.23. The molecular weight excluding hydrogens is 484 g/mol.